The molecule has 0 fully saturated rings. The van der Waals surface area contributed by atoms with E-state index < -0.39 is 28.0 Å². The van der Waals surface area contributed by atoms with Crippen LogP contribution in [0.3, 0.4) is 0 Å². The van der Waals surface area contributed by atoms with Crippen LogP contribution in [-0.4, -0.2) is 33.4 Å². The van der Waals surface area contributed by atoms with Crippen molar-refractivity contribution in [3.63, 3.8) is 0 Å². The van der Waals surface area contributed by atoms with Gasteiger partial charge in [0.05, 0.1) is 16.1 Å². The van der Waals surface area contributed by atoms with E-state index in [1.165, 1.54) is 56.4 Å². The number of rotatable bonds is 7. The monoisotopic (exact) mass is 506 g/mol. The largest absolute Gasteiger partial charge is 0.449 e. The summed E-state index contributed by atoms with van der Waals surface area (Å²) in [5, 5.41) is 3.25. The second-order valence-electron chi connectivity index (χ2n) is 7.03. The maximum atomic E-state index is 12.8. The number of carbonyl (C=O) groups excluding carboxylic acids is 2. The molecule has 0 saturated heterocycles. The summed E-state index contributed by atoms with van der Waals surface area (Å²) in [7, 11) is -2.37. The molecule has 0 unspecified atom stereocenters. The number of nitrogens with zero attached hydrogens (tertiary/aromatic N) is 1. The molecule has 10 heteroatoms. The predicted octanol–water partition coefficient (Wildman–Crippen LogP) is 5.00. The van der Waals surface area contributed by atoms with E-state index >= 15 is 0 Å². The Morgan fingerprint density at radius 3 is 2.09 bits per heavy atom. The molecule has 3 aromatic rings. The van der Waals surface area contributed by atoms with Crippen molar-refractivity contribution in [2.45, 2.75) is 17.9 Å². The molecule has 1 N–H and O–H groups in total. The first kappa shape index (κ1) is 24.6. The van der Waals surface area contributed by atoms with Gasteiger partial charge in [-0.1, -0.05) is 41.4 Å². The Hall–Kier alpha value is -3.07. The molecule has 3 aromatic carbocycles. The molecule has 0 radical (unpaired) electrons. The predicted molar refractivity (Wildman–Crippen MR) is 128 cm³/mol. The first-order valence-electron chi connectivity index (χ1n) is 9.70. The highest BCUT2D eigenvalue weighted by Gasteiger charge is 2.23. The van der Waals surface area contributed by atoms with Crippen LogP contribution in [0.5, 0.6) is 0 Å². The molecule has 33 heavy (non-hydrogen) atoms. The Bertz CT molecular complexity index is 1250. The maximum absolute atomic E-state index is 12.8. The van der Waals surface area contributed by atoms with Crippen LogP contribution in [0.25, 0.3) is 0 Å². The number of halogens is 2. The van der Waals surface area contributed by atoms with Gasteiger partial charge in [0, 0.05) is 22.8 Å². The highest BCUT2D eigenvalue weighted by atomic mass is 35.5. The maximum Gasteiger partial charge on any atom is 0.338 e. The summed E-state index contributed by atoms with van der Waals surface area (Å²) in [6.45, 7) is 1.41. The van der Waals surface area contributed by atoms with Gasteiger partial charge in [0.2, 0.25) is 0 Å². The molecule has 0 saturated carbocycles. The van der Waals surface area contributed by atoms with Gasteiger partial charge in [-0.3, -0.25) is 9.10 Å². The molecule has 0 aliphatic heterocycles. The van der Waals surface area contributed by atoms with Crippen LogP contribution < -0.4 is 9.62 Å². The van der Waals surface area contributed by atoms with Crippen molar-refractivity contribution in [3.8, 4) is 0 Å². The number of carbonyl (C=O) groups is 2. The average Bonchev–Trinajstić information content (AvgIpc) is 2.78. The highest BCUT2D eigenvalue weighted by molar-refractivity contribution is 7.92. The van der Waals surface area contributed by atoms with Crippen LogP contribution in [0.1, 0.15) is 17.3 Å². The van der Waals surface area contributed by atoms with Crippen molar-refractivity contribution < 1.29 is 22.7 Å². The van der Waals surface area contributed by atoms with E-state index in [0.717, 1.165) is 4.31 Å². The van der Waals surface area contributed by atoms with Crippen molar-refractivity contribution in [2.75, 3.05) is 16.7 Å². The van der Waals surface area contributed by atoms with E-state index in [9.17, 15) is 18.0 Å². The van der Waals surface area contributed by atoms with Crippen molar-refractivity contribution in [1.29, 1.82) is 0 Å². The molecule has 1 amide bonds. The Kier molecular flexibility index (Phi) is 7.63. The Labute approximate surface area is 201 Å². The molecule has 1 atom stereocenters. The lowest BCUT2D eigenvalue weighted by Gasteiger charge is -2.19. The summed E-state index contributed by atoms with van der Waals surface area (Å²) >= 11 is 11.8. The van der Waals surface area contributed by atoms with Crippen molar-refractivity contribution in [3.05, 3.63) is 88.4 Å². The standard InChI is InChI=1S/C23H20Cl2N2O5S/c1-15(22(28)26-19-13-17(24)12-18(25)14-19)32-23(29)16-8-10-21(11-9-16)33(30,31)27(2)20-6-4-3-5-7-20/h3-15H,1-2H3,(H,26,28)/t15-/m0/s1. The molecule has 0 aliphatic carbocycles. The molecule has 172 valence electrons. The number of hydrogen-bond acceptors (Lipinski definition) is 5. The minimum Gasteiger partial charge on any atom is -0.449 e. The highest BCUT2D eigenvalue weighted by Crippen LogP contribution is 2.24. The summed E-state index contributed by atoms with van der Waals surface area (Å²) in [5.41, 5.74) is 0.959. The third kappa shape index (κ3) is 6.04. The van der Waals surface area contributed by atoms with E-state index in [-0.39, 0.29) is 10.5 Å². The summed E-state index contributed by atoms with van der Waals surface area (Å²) in [6.07, 6.45) is -1.12. The number of para-hydroxylation sites is 1. The third-order valence-electron chi connectivity index (χ3n) is 4.65. The summed E-state index contributed by atoms with van der Waals surface area (Å²) in [4.78, 5) is 24.8. The number of benzene rings is 3. The minimum absolute atomic E-state index is 0.00836. The van der Waals surface area contributed by atoms with Crippen LogP contribution in [-0.2, 0) is 19.6 Å². The molecule has 0 aliphatic rings. The number of sulfonamides is 1. The van der Waals surface area contributed by atoms with E-state index in [1.807, 2.05) is 0 Å². The number of amides is 1. The lowest BCUT2D eigenvalue weighted by Crippen LogP contribution is -2.30. The Balaban J connectivity index is 1.66. The number of ether oxygens (including phenoxy) is 1. The third-order valence-corrected chi connectivity index (χ3v) is 6.89. The van der Waals surface area contributed by atoms with Crippen molar-refractivity contribution in [2.24, 2.45) is 0 Å². The fourth-order valence-electron chi connectivity index (χ4n) is 2.85. The van der Waals surface area contributed by atoms with E-state index in [4.69, 9.17) is 27.9 Å². The number of nitrogens with one attached hydrogen (secondary N) is 1. The van der Waals surface area contributed by atoms with Gasteiger partial charge < -0.3 is 10.1 Å². The quantitative estimate of drug-likeness (QED) is 0.455. The molecule has 0 bridgehead atoms. The normalized spacial score (nSPS) is 12.0. The smallest absolute Gasteiger partial charge is 0.338 e. The lowest BCUT2D eigenvalue weighted by atomic mass is 10.2. The molecular formula is C23H20Cl2N2O5S. The van der Waals surface area contributed by atoms with E-state index in [0.29, 0.717) is 21.4 Å². The van der Waals surface area contributed by atoms with Gasteiger partial charge in [0.1, 0.15) is 0 Å². The first-order valence-corrected chi connectivity index (χ1v) is 11.9. The molecular weight excluding hydrogens is 487 g/mol. The van der Waals surface area contributed by atoms with Crippen molar-refractivity contribution in [1.82, 2.24) is 0 Å². The second kappa shape index (κ2) is 10.2. The molecule has 7 nitrogen and oxygen atoms in total. The summed E-state index contributed by atoms with van der Waals surface area (Å²) in [6, 6.07) is 18.4. The second-order valence-corrected chi connectivity index (χ2v) is 9.87. The summed E-state index contributed by atoms with van der Waals surface area (Å²) < 4.78 is 32.0. The van der Waals surface area contributed by atoms with Gasteiger partial charge in [-0.05, 0) is 61.5 Å². The zero-order valence-electron chi connectivity index (χ0n) is 17.7. The van der Waals surface area contributed by atoms with Gasteiger partial charge >= 0.3 is 5.97 Å². The zero-order chi connectivity index (χ0) is 24.2. The number of esters is 1. The minimum atomic E-state index is -3.82. The lowest BCUT2D eigenvalue weighted by molar-refractivity contribution is -0.123. The Morgan fingerprint density at radius 2 is 1.52 bits per heavy atom. The van der Waals surface area contributed by atoms with E-state index in [1.54, 1.807) is 30.3 Å². The molecule has 0 aromatic heterocycles. The van der Waals surface area contributed by atoms with E-state index in [2.05, 4.69) is 5.32 Å². The molecule has 3 rings (SSSR count). The number of anilines is 2. The average molecular weight is 507 g/mol. The van der Waals surface area contributed by atoms with Crippen LogP contribution in [0.4, 0.5) is 11.4 Å². The number of hydrogen-bond donors (Lipinski definition) is 1. The van der Waals surface area contributed by atoms with Gasteiger partial charge in [-0.15, -0.1) is 0 Å². The molecule has 0 spiro atoms. The van der Waals surface area contributed by atoms with Gasteiger partial charge in [-0.2, -0.15) is 0 Å². The van der Waals surface area contributed by atoms with Crippen LogP contribution >= 0.6 is 23.2 Å². The van der Waals surface area contributed by atoms with Gasteiger partial charge in [0.15, 0.2) is 6.10 Å². The van der Waals surface area contributed by atoms with Gasteiger partial charge in [0.25, 0.3) is 15.9 Å². The van der Waals surface area contributed by atoms with Crippen molar-refractivity contribution >= 4 is 56.5 Å². The van der Waals surface area contributed by atoms with Crippen LogP contribution in [0.2, 0.25) is 10.0 Å². The topological polar surface area (TPSA) is 92.8 Å². The SMILES string of the molecule is C[C@H](OC(=O)c1ccc(S(=O)(=O)N(C)c2ccccc2)cc1)C(=O)Nc1cc(Cl)cc(Cl)c1. The first-order chi connectivity index (χ1) is 15.6. The fourth-order valence-corrected chi connectivity index (χ4v) is 4.57. The molecule has 0 heterocycles. The van der Waals surface area contributed by atoms with Gasteiger partial charge in [-0.25, -0.2) is 13.2 Å². The zero-order valence-corrected chi connectivity index (χ0v) is 20.0. The van der Waals surface area contributed by atoms with Crippen LogP contribution in [0, 0.1) is 0 Å². The Morgan fingerprint density at radius 1 is 0.939 bits per heavy atom. The fraction of sp³-hybridized carbons (Fsp3) is 0.130. The van der Waals surface area contributed by atoms with Crippen LogP contribution in [0.15, 0.2) is 77.7 Å². The summed E-state index contributed by atoms with van der Waals surface area (Å²) in [5.74, 6) is -1.35.